The third-order valence-corrected chi connectivity index (χ3v) is 4.11. The first-order chi connectivity index (χ1) is 10.9. The molecule has 0 aromatic heterocycles. The summed E-state index contributed by atoms with van der Waals surface area (Å²) in [6.07, 6.45) is 1.73. The molecule has 0 atom stereocenters. The normalized spacial score (nSPS) is 24.4. The largest absolute Gasteiger partial charge is 0.532 e. The molecular weight excluding hydrogens is 311 g/mol. The van der Waals surface area contributed by atoms with E-state index >= 15 is 0 Å². The van der Waals surface area contributed by atoms with Gasteiger partial charge in [-0.2, -0.15) is 5.10 Å². The first-order valence-corrected chi connectivity index (χ1v) is 8.15. The van der Waals surface area contributed by atoms with Gasteiger partial charge in [0, 0.05) is 6.42 Å². The molecule has 0 radical (unpaired) electrons. The highest BCUT2D eigenvalue weighted by molar-refractivity contribution is 6.54. The maximum atomic E-state index is 11.7. The fraction of sp³-hybridized carbons (Fsp3) is 0.750. The maximum Gasteiger partial charge on any atom is 0.532 e. The first kappa shape index (κ1) is 18.8. The molecule has 0 unspecified atom stereocenters. The first-order valence-electron chi connectivity index (χ1n) is 8.15. The zero-order valence-electron chi connectivity index (χ0n) is 15.6. The van der Waals surface area contributed by atoms with E-state index in [0.717, 1.165) is 0 Å². The topological polar surface area (TPSA) is 78.4 Å². The van der Waals surface area contributed by atoms with E-state index in [1.54, 1.807) is 26.8 Å². The average Bonchev–Trinajstić information content (AvgIpc) is 2.64. The van der Waals surface area contributed by atoms with Crippen LogP contribution in [0.5, 0.6) is 0 Å². The molecule has 7 nitrogen and oxygen atoms in total. The van der Waals surface area contributed by atoms with Crippen molar-refractivity contribution in [3.05, 3.63) is 11.7 Å². The van der Waals surface area contributed by atoms with Gasteiger partial charge in [0.2, 0.25) is 0 Å². The van der Waals surface area contributed by atoms with Crippen LogP contribution in [-0.2, 0) is 18.8 Å². The van der Waals surface area contributed by atoms with Gasteiger partial charge in [0.05, 0.1) is 23.5 Å². The highest BCUT2D eigenvalue weighted by atomic mass is 16.7. The number of ether oxygens (including phenoxy) is 2. The number of nitrogens with zero attached hydrogens (tertiary/aromatic N) is 1. The smallest absolute Gasteiger partial charge is 0.501 e. The van der Waals surface area contributed by atoms with E-state index in [-0.39, 0.29) is 0 Å². The molecular formula is C16H27BN2O5. The van der Waals surface area contributed by atoms with E-state index in [9.17, 15) is 4.79 Å². The minimum atomic E-state index is -0.591. The number of allylic oxidation sites excluding steroid dienone is 1. The summed E-state index contributed by atoms with van der Waals surface area (Å²) in [5.74, 6) is 0. The maximum absolute atomic E-state index is 11.7. The van der Waals surface area contributed by atoms with E-state index in [1.165, 1.54) is 0 Å². The minimum absolute atomic E-state index is 0.439. The Kier molecular flexibility index (Phi) is 5.02. The molecule has 1 amide bonds. The Hall–Kier alpha value is -1.54. The molecule has 1 saturated heterocycles. The summed E-state index contributed by atoms with van der Waals surface area (Å²) in [5.41, 5.74) is 2.19. The van der Waals surface area contributed by atoms with Gasteiger partial charge in [-0.25, -0.2) is 10.2 Å². The Balaban J connectivity index is 2.04. The Morgan fingerprint density at radius 3 is 2.38 bits per heavy atom. The highest BCUT2D eigenvalue weighted by Gasteiger charge is 2.53. The van der Waals surface area contributed by atoms with Crippen LogP contribution in [0.25, 0.3) is 0 Å². The molecule has 1 fully saturated rings. The number of hydrogen-bond acceptors (Lipinski definition) is 6. The molecule has 0 spiro atoms. The van der Waals surface area contributed by atoms with Gasteiger partial charge >= 0.3 is 13.2 Å². The van der Waals surface area contributed by atoms with Crippen molar-refractivity contribution in [1.82, 2.24) is 5.43 Å². The Morgan fingerprint density at radius 1 is 1.25 bits per heavy atom. The lowest BCUT2D eigenvalue weighted by molar-refractivity contribution is 0.00578. The second-order valence-electron chi connectivity index (χ2n) is 7.95. The second kappa shape index (κ2) is 6.40. The van der Waals surface area contributed by atoms with Crippen molar-refractivity contribution in [2.24, 2.45) is 5.10 Å². The number of hydrogen-bond donors (Lipinski definition) is 1. The van der Waals surface area contributed by atoms with Crippen LogP contribution in [0.2, 0.25) is 0 Å². The summed E-state index contributed by atoms with van der Waals surface area (Å²) in [4.78, 5) is 11.7. The van der Waals surface area contributed by atoms with Crippen LogP contribution in [0, 0.1) is 0 Å². The number of carbonyl (C=O) groups excluding carboxylic acids is 1. The number of rotatable bonds is 2. The van der Waals surface area contributed by atoms with Crippen molar-refractivity contribution in [2.45, 2.75) is 71.7 Å². The highest BCUT2D eigenvalue weighted by Crippen LogP contribution is 2.39. The third kappa shape index (κ3) is 4.51. The standard InChI is InChI=1S/C16H27BN2O5/c1-14(2,3)22-13(20)19-18-11-8-9-21-12(10-11)17-23-15(4,5)16(6,7)24-17/h10H,8-9H2,1-7H3,(H,19,20)/b18-11-. The van der Waals surface area contributed by atoms with Crippen molar-refractivity contribution >= 4 is 18.9 Å². The summed E-state index contributed by atoms with van der Waals surface area (Å²) in [6.45, 7) is 13.8. The van der Waals surface area contributed by atoms with E-state index in [4.69, 9.17) is 18.8 Å². The Labute approximate surface area is 143 Å². The van der Waals surface area contributed by atoms with Gasteiger partial charge < -0.3 is 18.8 Å². The number of nitrogens with one attached hydrogen (secondary N) is 1. The predicted octanol–water partition coefficient (Wildman–Crippen LogP) is 2.80. The molecule has 0 bridgehead atoms. The van der Waals surface area contributed by atoms with Crippen molar-refractivity contribution in [1.29, 1.82) is 0 Å². The van der Waals surface area contributed by atoms with Gasteiger partial charge in [-0.3, -0.25) is 0 Å². The number of amides is 1. The molecule has 8 heteroatoms. The van der Waals surface area contributed by atoms with Crippen LogP contribution >= 0.6 is 0 Å². The SMILES string of the molecule is CC(C)(C)OC(=O)N/N=C1\C=C(B2OC(C)(C)C(C)(C)O2)OCC1. The van der Waals surface area contributed by atoms with Gasteiger partial charge in [-0.05, 0) is 54.5 Å². The second-order valence-corrected chi connectivity index (χ2v) is 7.95. The van der Waals surface area contributed by atoms with E-state index in [2.05, 4.69) is 10.5 Å². The molecule has 24 heavy (non-hydrogen) atoms. The van der Waals surface area contributed by atoms with Crippen LogP contribution in [0.1, 0.15) is 54.9 Å². The molecule has 1 N–H and O–H groups in total. The predicted molar refractivity (Wildman–Crippen MR) is 91.5 cm³/mol. The minimum Gasteiger partial charge on any atom is -0.501 e. The van der Waals surface area contributed by atoms with Gasteiger partial charge in [-0.1, -0.05) is 0 Å². The summed E-state index contributed by atoms with van der Waals surface area (Å²) in [7, 11) is -0.581. The van der Waals surface area contributed by atoms with E-state index in [0.29, 0.717) is 24.4 Å². The third-order valence-electron chi connectivity index (χ3n) is 4.11. The monoisotopic (exact) mass is 338 g/mol. The molecule has 2 heterocycles. The quantitative estimate of drug-likeness (QED) is 0.619. The summed E-state index contributed by atoms with van der Waals surface area (Å²) in [6, 6.07) is 0. The van der Waals surface area contributed by atoms with Crippen LogP contribution in [0.3, 0.4) is 0 Å². The molecule has 2 rings (SSSR count). The zero-order chi connectivity index (χ0) is 18.2. The summed E-state index contributed by atoms with van der Waals surface area (Å²) < 4.78 is 22.7. The molecule has 0 saturated carbocycles. The molecule has 0 aliphatic carbocycles. The van der Waals surface area contributed by atoms with Gasteiger partial charge in [-0.15, -0.1) is 0 Å². The fourth-order valence-corrected chi connectivity index (χ4v) is 2.15. The molecule has 0 aromatic rings. The number of carbonyl (C=O) groups is 1. The average molecular weight is 338 g/mol. The van der Waals surface area contributed by atoms with Crippen LogP contribution in [0.4, 0.5) is 4.79 Å². The van der Waals surface area contributed by atoms with Crippen molar-refractivity contribution in [2.75, 3.05) is 6.61 Å². The molecule has 2 aliphatic rings. The fourth-order valence-electron chi connectivity index (χ4n) is 2.15. The van der Waals surface area contributed by atoms with Crippen LogP contribution in [0.15, 0.2) is 16.8 Å². The zero-order valence-corrected chi connectivity index (χ0v) is 15.6. The van der Waals surface area contributed by atoms with E-state index in [1.807, 2.05) is 27.7 Å². The molecule has 0 aromatic carbocycles. The van der Waals surface area contributed by atoms with Gasteiger partial charge in [0.15, 0.2) is 0 Å². The number of hydrazone groups is 1. The lowest BCUT2D eigenvalue weighted by Gasteiger charge is -2.32. The van der Waals surface area contributed by atoms with Crippen LogP contribution < -0.4 is 5.43 Å². The molecule has 134 valence electrons. The van der Waals surface area contributed by atoms with E-state index < -0.39 is 30.0 Å². The van der Waals surface area contributed by atoms with Crippen molar-refractivity contribution in [3.63, 3.8) is 0 Å². The Morgan fingerprint density at radius 2 is 1.83 bits per heavy atom. The molecule has 2 aliphatic heterocycles. The van der Waals surface area contributed by atoms with Gasteiger partial charge in [0.25, 0.3) is 0 Å². The lowest BCUT2D eigenvalue weighted by Crippen LogP contribution is -2.41. The summed E-state index contributed by atoms with van der Waals surface area (Å²) in [5, 5.41) is 4.09. The van der Waals surface area contributed by atoms with Crippen molar-refractivity contribution < 1.29 is 23.6 Å². The summed E-state index contributed by atoms with van der Waals surface area (Å²) >= 11 is 0. The van der Waals surface area contributed by atoms with Crippen LogP contribution in [-0.4, -0.2) is 42.3 Å². The van der Waals surface area contributed by atoms with Crippen molar-refractivity contribution in [3.8, 4) is 0 Å². The van der Waals surface area contributed by atoms with Gasteiger partial charge in [0.1, 0.15) is 11.3 Å². The Bertz CT molecular complexity index is 547. The lowest BCUT2D eigenvalue weighted by atomic mass is 9.84.